The number of amides is 1. The summed E-state index contributed by atoms with van der Waals surface area (Å²) in [5.74, 6) is -0.114. The van der Waals surface area contributed by atoms with Gasteiger partial charge in [0.15, 0.2) is 0 Å². The lowest BCUT2D eigenvalue weighted by atomic mass is 10.0. The zero-order chi connectivity index (χ0) is 19.3. The normalized spacial score (nSPS) is 16.8. The van der Waals surface area contributed by atoms with Crippen LogP contribution in [0.5, 0.6) is 0 Å². The molecule has 1 aromatic carbocycles. The Kier molecular flexibility index (Phi) is 7.20. The van der Waals surface area contributed by atoms with E-state index in [4.69, 9.17) is 0 Å². The lowest BCUT2D eigenvalue weighted by molar-refractivity contribution is 0.0646. The maximum atomic E-state index is 12.9. The second-order valence-corrected chi connectivity index (χ2v) is 8.64. The van der Waals surface area contributed by atoms with Gasteiger partial charge >= 0.3 is 0 Å². The van der Waals surface area contributed by atoms with Crippen LogP contribution < -0.4 is 0 Å². The minimum atomic E-state index is -3.56. The van der Waals surface area contributed by atoms with Gasteiger partial charge in [-0.15, -0.1) is 0 Å². The number of sulfonamides is 1. The van der Waals surface area contributed by atoms with Crippen molar-refractivity contribution in [1.82, 2.24) is 14.1 Å². The molecular formula is C19H31N3O3S. The molecule has 0 spiro atoms. The minimum absolute atomic E-state index is 0.114. The molecular weight excluding hydrogens is 350 g/mol. The van der Waals surface area contributed by atoms with Crippen LogP contribution in [0.4, 0.5) is 0 Å². The maximum Gasteiger partial charge on any atom is 0.253 e. The van der Waals surface area contributed by atoms with Crippen molar-refractivity contribution in [3.63, 3.8) is 0 Å². The van der Waals surface area contributed by atoms with Crippen LogP contribution in [0, 0.1) is 0 Å². The first-order valence-electron chi connectivity index (χ1n) is 9.44. The Balaban J connectivity index is 2.18. The molecule has 146 valence electrons. The molecule has 6 nitrogen and oxygen atoms in total. The second-order valence-electron chi connectivity index (χ2n) is 6.70. The SMILES string of the molecule is CCN1CCC(N(C)C(=O)c2cccc(S(=O)(=O)N(CC)CC)c2)CC1. The van der Waals surface area contributed by atoms with Gasteiger partial charge in [-0.3, -0.25) is 4.79 Å². The monoisotopic (exact) mass is 381 g/mol. The first kappa shape index (κ1) is 20.9. The Hall–Kier alpha value is -1.44. The number of piperidine rings is 1. The van der Waals surface area contributed by atoms with Crippen molar-refractivity contribution < 1.29 is 13.2 Å². The third-order valence-electron chi connectivity index (χ3n) is 5.30. The number of carbonyl (C=O) groups is 1. The molecule has 1 fully saturated rings. The third-order valence-corrected chi connectivity index (χ3v) is 7.34. The highest BCUT2D eigenvalue weighted by molar-refractivity contribution is 7.89. The third kappa shape index (κ3) is 4.45. The van der Waals surface area contributed by atoms with Gasteiger partial charge in [-0.1, -0.05) is 26.8 Å². The summed E-state index contributed by atoms with van der Waals surface area (Å²) in [5, 5.41) is 0. The Morgan fingerprint density at radius 2 is 1.77 bits per heavy atom. The molecule has 0 saturated carbocycles. The lowest BCUT2D eigenvalue weighted by Crippen LogP contribution is -2.45. The van der Waals surface area contributed by atoms with Crippen LogP contribution in [0.15, 0.2) is 29.2 Å². The quantitative estimate of drug-likeness (QED) is 0.727. The van der Waals surface area contributed by atoms with Crippen LogP contribution in [0.2, 0.25) is 0 Å². The van der Waals surface area contributed by atoms with Crippen LogP contribution >= 0.6 is 0 Å². The number of carbonyl (C=O) groups excluding carboxylic acids is 1. The summed E-state index contributed by atoms with van der Waals surface area (Å²) in [4.78, 5) is 17.2. The molecule has 1 aliphatic rings. The molecule has 1 aliphatic heterocycles. The van der Waals surface area contributed by atoms with Crippen molar-refractivity contribution in [2.24, 2.45) is 0 Å². The second kappa shape index (κ2) is 8.97. The summed E-state index contributed by atoms with van der Waals surface area (Å²) >= 11 is 0. The number of likely N-dealkylation sites (tertiary alicyclic amines) is 1. The van der Waals surface area contributed by atoms with E-state index in [0.29, 0.717) is 18.7 Å². The number of hydrogen-bond donors (Lipinski definition) is 0. The fourth-order valence-electron chi connectivity index (χ4n) is 3.49. The van der Waals surface area contributed by atoms with Gasteiger partial charge in [0.1, 0.15) is 0 Å². The predicted octanol–water partition coefficient (Wildman–Crippen LogP) is 2.27. The Morgan fingerprint density at radius 1 is 1.15 bits per heavy atom. The summed E-state index contributed by atoms with van der Waals surface area (Å²) in [6, 6.07) is 6.62. The van der Waals surface area contributed by atoms with Crippen molar-refractivity contribution in [1.29, 1.82) is 0 Å². The highest BCUT2D eigenvalue weighted by Crippen LogP contribution is 2.21. The van der Waals surface area contributed by atoms with Gasteiger partial charge in [-0.25, -0.2) is 8.42 Å². The zero-order valence-electron chi connectivity index (χ0n) is 16.3. The van der Waals surface area contributed by atoms with Gasteiger partial charge < -0.3 is 9.80 Å². The molecule has 1 heterocycles. The smallest absolute Gasteiger partial charge is 0.253 e. The molecule has 0 aromatic heterocycles. The topological polar surface area (TPSA) is 60.9 Å². The number of benzene rings is 1. The van der Waals surface area contributed by atoms with E-state index >= 15 is 0 Å². The first-order chi connectivity index (χ1) is 12.3. The summed E-state index contributed by atoms with van der Waals surface area (Å²) in [6.45, 7) is 9.62. The molecule has 7 heteroatoms. The molecule has 0 atom stereocenters. The van der Waals surface area contributed by atoms with Gasteiger partial charge in [0.05, 0.1) is 4.90 Å². The number of nitrogens with zero attached hydrogens (tertiary/aromatic N) is 3. The lowest BCUT2D eigenvalue weighted by Gasteiger charge is -2.36. The Labute approximate surface area is 157 Å². The van der Waals surface area contributed by atoms with Crippen molar-refractivity contribution in [2.45, 2.75) is 44.6 Å². The van der Waals surface area contributed by atoms with Gasteiger partial charge in [-0.05, 0) is 37.6 Å². The Bertz CT molecular complexity index is 708. The molecule has 1 saturated heterocycles. The van der Waals surface area contributed by atoms with Crippen LogP contribution in [-0.2, 0) is 10.0 Å². The number of rotatable bonds is 7. The molecule has 1 amide bonds. The van der Waals surface area contributed by atoms with Crippen molar-refractivity contribution in [2.75, 3.05) is 39.8 Å². The van der Waals surface area contributed by atoms with Crippen molar-refractivity contribution >= 4 is 15.9 Å². The maximum absolute atomic E-state index is 12.9. The van der Waals surface area contributed by atoms with E-state index in [-0.39, 0.29) is 16.8 Å². The van der Waals surface area contributed by atoms with Crippen LogP contribution in [0.25, 0.3) is 0 Å². The summed E-state index contributed by atoms with van der Waals surface area (Å²) in [5.41, 5.74) is 0.429. The van der Waals surface area contributed by atoms with E-state index < -0.39 is 10.0 Å². The first-order valence-corrected chi connectivity index (χ1v) is 10.9. The minimum Gasteiger partial charge on any atom is -0.339 e. The van der Waals surface area contributed by atoms with Gasteiger partial charge in [0.2, 0.25) is 10.0 Å². The van der Waals surface area contributed by atoms with Crippen LogP contribution in [0.1, 0.15) is 44.0 Å². The van der Waals surface area contributed by atoms with E-state index in [9.17, 15) is 13.2 Å². The van der Waals surface area contributed by atoms with E-state index in [1.807, 2.05) is 20.9 Å². The molecule has 1 aromatic rings. The summed E-state index contributed by atoms with van der Waals surface area (Å²) in [7, 11) is -1.74. The number of hydrogen-bond acceptors (Lipinski definition) is 4. The molecule has 0 bridgehead atoms. The molecule has 0 aliphatic carbocycles. The van der Waals surface area contributed by atoms with Crippen LogP contribution in [-0.4, -0.2) is 74.2 Å². The van der Waals surface area contributed by atoms with Gasteiger partial charge in [0.25, 0.3) is 5.91 Å². The highest BCUT2D eigenvalue weighted by Gasteiger charge is 2.27. The average molecular weight is 382 g/mol. The fourth-order valence-corrected chi connectivity index (χ4v) is 5.00. The molecule has 0 unspecified atom stereocenters. The Morgan fingerprint density at radius 3 is 2.31 bits per heavy atom. The van der Waals surface area contributed by atoms with E-state index in [2.05, 4.69) is 11.8 Å². The highest BCUT2D eigenvalue weighted by atomic mass is 32.2. The summed E-state index contributed by atoms with van der Waals surface area (Å²) < 4.78 is 26.8. The largest absolute Gasteiger partial charge is 0.339 e. The fraction of sp³-hybridized carbons (Fsp3) is 0.632. The van der Waals surface area contributed by atoms with E-state index in [0.717, 1.165) is 32.5 Å². The molecule has 26 heavy (non-hydrogen) atoms. The van der Waals surface area contributed by atoms with Crippen molar-refractivity contribution in [3.8, 4) is 0 Å². The molecule has 0 radical (unpaired) electrons. The average Bonchev–Trinajstić information content (AvgIpc) is 2.67. The zero-order valence-corrected chi connectivity index (χ0v) is 17.1. The van der Waals surface area contributed by atoms with Gasteiger partial charge in [-0.2, -0.15) is 4.31 Å². The van der Waals surface area contributed by atoms with Crippen LogP contribution in [0.3, 0.4) is 0 Å². The van der Waals surface area contributed by atoms with Gasteiger partial charge in [0, 0.05) is 44.8 Å². The molecule has 2 rings (SSSR count). The van der Waals surface area contributed by atoms with Crippen molar-refractivity contribution in [3.05, 3.63) is 29.8 Å². The van der Waals surface area contributed by atoms with E-state index in [1.165, 1.54) is 10.4 Å². The molecule has 0 N–H and O–H groups in total. The standard InChI is InChI=1S/C19H31N3O3S/c1-5-21-13-11-17(12-14-21)20(4)19(23)16-9-8-10-18(15-16)26(24,25)22(6-2)7-3/h8-10,15,17H,5-7,11-14H2,1-4H3. The summed E-state index contributed by atoms with van der Waals surface area (Å²) in [6.07, 6.45) is 1.90. The predicted molar refractivity (Wildman–Crippen MR) is 104 cm³/mol. The van der Waals surface area contributed by atoms with E-state index in [1.54, 1.807) is 23.1 Å².